The summed E-state index contributed by atoms with van der Waals surface area (Å²) in [5.74, 6) is -2.23. The molecule has 0 aromatic heterocycles. The van der Waals surface area contributed by atoms with E-state index in [-0.39, 0.29) is 18.4 Å². The second-order valence-electron chi connectivity index (χ2n) is 14.1. The summed E-state index contributed by atoms with van der Waals surface area (Å²) in [4.78, 5) is 86.6. The maximum Gasteiger partial charge on any atom is 0.248 e. The van der Waals surface area contributed by atoms with Gasteiger partial charge in [0.2, 0.25) is 35.4 Å². The van der Waals surface area contributed by atoms with Crippen LogP contribution in [-0.4, -0.2) is 110 Å². The molecule has 302 valence electrons. The summed E-state index contributed by atoms with van der Waals surface area (Å²) in [6, 6.07) is 9.73. The third-order valence-electron chi connectivity index (χ3n) is 10.1. The lowest BCUT2D eigenvalue weighted by molar-refractivity contribution is -0.144. The smallest absolute Gasteiger partial charge is 0.248 e. The summed E-state index contributed by atoms with van der Waals surface area (Å²) < 4.78 is 17.6. The van der Waals surface area contributed by atoms with E-state index >= 15 is 0 Å². The quantitative estimate of drug-likeness (QED) is 0.307. The number of hydrogen-bond donors (Lipinski definition) is 4. The van der Waals surface area contributed by atoms with Crippen molar-refractivity contribution in [2.75, 3.05) is 28.3 Å². The fourth-order valence-corrected chi connectivity index (χ4v) is 7.16. The van der Waals surface area contributed by atoms with Crippen molar-refractivity contribution in [2.24, 2.45) is 0 Å². The third kappa shape index (κ3) is 9.56. The van der Waals surface area contributed by atoms with Crippen molar-refractivity contribution in [1.82, 2.24) is 31.1 Å². The maximum absolute atomic E-state index is 14.4. The lowest BCUT2D eigenvalue weighted by Gasteiger charge is -2.34. The Kier molecular flexibility index (Phi) is 13.3. The highest BCUT2D eigenvalue weighted by Gasteiger charge is 2.38. The molecule has 0 saturated carbocycles. The van der Waals surface area contributed by atoms with Crippen molar-refractivity contribution in [3.63, 3.8) is 0 Å². The van der Waals surface area contributed by atoms with Gasteiger partial charge in [-0.25, -0.2) is 0 Å². The van der Waals surface area contributed by atoms with Gasteiger partial charge in [0, 0.05) is 31.4 Å². The number of benzene rings is 3. The first-order valence-corrected chi connectivity index (χ1v) is 19.0. The zero-order valence-electron chi connectivity index (χ0n) is 32.8. The Morgan fingerprint density at radius 3 is 1.93 bits per heavy atom. The molecule has 16 heteroatoms. The highest BCUT2D eigenvalue weighted by atomic mass is 79.9. The molecule has 6 rings (SSSR count). The van der Waals surface area contributed by atoms with Gasteiger partial charge in [0.05, 0.1) is 14.2 Å². The number of fused-ring (bicyclic) bond motifs is 2. The summed E-state index contributed by atoms with van der Waals surface area (Å²) in [6.07, 6.45) is -0.0487. The van der Waals surface area contributed by atoms with Gasteiger partial charge >= 0.3 is 0 Å². The predicted octanol–water partition coefficient (Wildman–Crippen LogP) is 2.74. The minimum atomic E-state index is -1.33. The van der Waals surface area contributed by atoms with Crippen LogP contribution >= 0.6 is 15.9 Å². The Morgan fingerprint density at radius 2 is 1.32 bits per heavy atom. The monoisotopic (exact) mass is 846 g/mol. The molecule has 1 fully saturated rings. The molecule has 3 aliphatic heterocycles. The molecule has 6 unspecified atom stereocenters. The van der Waals surface area contributed by atoms with E-state index in [1.54, 1.807) is 60.7 Å². The molecule has 6 atom stereocenters. The van der Waals surface area contributed by atoms with Crippen LogP contribution in [0.3, 0.4) is 0 Å². The molecule has 57 heavy (non-hydrogen) atoms. The number of ether oxygens (including phenoxy) is 3. The zero-order valence-corrected chi connectivity index (χ0v) is 34.4. The van der Waals surface area contributed by atoms with E-state index in [4.69, 9.17) is 14.2 Å². The SMILES string of the molecule is C=C(c1ccc(OC)cc1)C1C(=O)NC(C)C(=O)N(C)C2Cc3ccc(cc3)Oc3cc(c(Br)cc3OC)CC(NC2=O)C(=O)NC(C)C(=O)NC(C)C(=O)N1C. The molecule has 1 saturated heterocycles. The Hall–Kier alpha value is -5.90. The molecule has 15 nitrogen and oxygen atoms in total. The summed E-state index contributed by atoms with van der Waals surface area (Å²) in [5, 5.41) is 10.8. The van der Waals surface area contributed by atoms with E-state index in [1.807, 2.05) is 0 Å². The van der Waals surface area contributed by atoms with Crippen LogP contribution in [0.15, 0.2) is 71.7 Å². The van der Waals surface area contributed by atoms with Gasteiger partial charge in [-0.2, -0.15) is 0 Å². The first kappa shape index (κ1) is 42.2. The van der Waals surface area contributed by atoms with Crippen molar-refractivity contribution >= 4 is 56.9 Å². The number of likely N-dealkylation sites (N-methyl/N-ethyl adjacent to an activating group) is 2. The van der Waals surface area contributed by atoms with Crippen molar-refractivity contribution in [3.05, 3.63) is 88.4 Å². The van der Waals surface area contributed by atoms with Crippen molar-refractivity contribution in [1.29, 1.82) is 0 Å². The number of hydrogen-bond acceptors (Lipinski definition) is 9. The topological polar surface area (TPSA) is 185 Å². The van der Waals surface area contributed by atoms with Crippen LogP contribution in [0.4, 0.5) is 0 Å². The largest absolute Gasteiger partial charge is 0.497 e. The van der Waals surface area contributed by atoms with Crippen molar-refractivity contribution < 1.29 is 43.0 Å². The van der Waals surface area contributed by atoms with Gasteiger partial charge in [-0.1, -0.05) is 46.8 Å². The first-order chi connectivity index (χ1) is 27.0. The number of rotatable bonds is 4. The molecule has 3 heterocycles. The van der Waals surface area contributed by atoms with Crippen molar-refractivity contribution in [2.45, 2.75) is 69.9 Å². The predicted molar refractivity (Wildman–Crippen MR) is 215 cm³/mol. The fourth-order valence-electron chi connectivity index (χ4n) is 6.68. The second kappa shape index (κ2) is 17.9. The maximum atomic E-state index is 14.4. The molecular formula is C41H47BrN6O9. The standard InChI is InChI=1S/C41H47BrN6O9/c1-21(26-11-15-28(55-7)16-12-26)35-39(52)45-23(3)40(53)47(5)32-17-25-9-13-29(14-10-25)57-34-19-27(30(42)20-33(34)56-8)18-31(46-38(32)51)37(50)43-22(2)36(49)44-24(4)41(54)48(35)6/h9-16,19-20,22-24,31-32,35H,1,17-18H2,2-8H3,(H,43,50)(H,44,49)(H,45,52)(H,46,51). The van der Waals surface area contributed by atoms with E-state index in [0.717, 1.165) is 4.90 Å². The summed E-state index contributed by atoms with van der Waals surface area (Å²) in [7, 11) is 5.84. The normalized spacial score (nSPS) is 23.9. The highest BCUT2D eigenvalue weighted by molar-refractivity contribution is 9.10. The minimum absolute atomic E-state index is 0.0203. The number of carbonyl (C=O) groups is 6. The Labute approximate surface area is 339 Å². The van der Waals surface area contributed by atoms with Crippen LogP contribution in [0.2, 0.25) is 0 Å². The summed E-state index contributed by atoms with van der Waals surface area (Å²) >= 11 is 3.55. The molecule has 3 aliphatic rings. The zero-order chi connectivity index (χ0) is 41.7. The molecule has 4 N–H and O–H groups in total. The van der Waals surface area contributed by atoms with Gasteiger partial charge in [0.1, 0.15) is 47.8 Å². The Bertz CT molecular complexity index is 2060. The van der Waals surface area contributed by atoms with E-state index < -0.39 is 71.7 Å². The number of carbonyl (C=O) groups excluding carboxylic acids is 6. The molecule has 3 aromatic rings. The van der Waals surface area contributed by atoms with E-state index in [9.17, 15) is 28.8 Å². The highest BCUT2D eigenvalue weighted by Crippen LogP contribution is 2.37. The number of nitrogens with zero attached hydrogens (tertiary/aromatic N) is 2. The molecule has 0 aliphatic carbocycles. The fraction of sp³-hybridized carbons (Fsp3) is 0.366. The van der Waals surface area contributed by atoms with Gasteiger partial charge < -0.3 is 45.3 Å². The van der Waals surface area contributed by atoms with Gasteiger partial charge in [-0.05, 0) is 79.4 Å². The Balaban J connectivity index is 1.58. The molecule has 0 radical (unpaired) electrons. The number of nitrogens with one attached hydrogen (secondary N) is 4. The van der Waals surface area contributed by atoms with Gasteiger partial charge in [-0.15, -0.1) is 0 Å². The first-order valence-electron chi connectivity index (χ1n) is 18.2. The average molecular weight is 848 g/mol. The summed E-state index contributed by atoms with van der Waals surface area (Å²) in [6.45, 7) is 8.50. The number of methoxy groups -OCH3 is 2. The van der Waals surface area contributed by atoms with E-state index in [0.29, 0.717) is 44.2 Å². The molecule has 3 aromatic carbocycles. The lowest BCUT2D eigenvalue weighted by Crippen LogP contribution is -2.61. The number of halogens is 1. The molecule has 6 amide bonds. The molecule has 0 spiro atoms. The van der Waals surface area contributed by atoms with E-state index in [1.165, 1.54) is 54.0 Å². The van der Waals surface area contributed by atoms with Crippen LogP contribution in [0.1, 0.15) is 37.5 Å². The van der Waals surface area contributed by atoms with Crippen LogP contribution in [-0.2, 0) is 41.6 Å². The molecular weight excluding hydrogens is 800 g/mol. The van der Waals surface area contributed by atoms with Crippen LogP contribution in [0.5, 0.6) is 23.0 Å². The second-order valence-corrected chi connectivity index (χ2v) is 14.9. The van der Waals surface area contributed by atoms with Gasteiger partial charge in [0.15, 0.2) is 11.5 Å². The third-order valence-corrected chi connectivity index (χ3v) is 10.8. The van der Waals surface area contributed by atoms with Gasteiger partial charge in [0.25, 0.3) is 0 Å². The van der Waals surface area contributed by atoms with Crippen LogP contribution < -0.4 is 35.5 Å². The van der Waals surface area contributed by atoms with Crippen LogP contribution in [0.25, 0.3) is 5.57 Å². The van der Waals surface area contributed by atoms with Crippen LogP contribution in [0, 0.1) is 0 Å². The summed E-state index contributed by atoms with van der Waals surface area (Å²) in [5.41, 5.74) is 1.97. The number of amides is 6. The molecule has 6 bridgehead atoms. The lowest BCUT2D eigenvalue weighted by atomic mass is 9.97. The van der Waals surface area contributed by atoms with Gasteiger partial charge in [-0.3, -0.25) is 28.8 Å². The minimum Gasteiger partial charge on any atom is -0.497 e. The van der Waals surface area contributed by atoms with Crippen molar-refractivity contribution in [3.8, 4) is 23.0 Å². The average Bonchev–Trinajstić information content (AvgIpc) is 3.19. The Morgan fingerprint density at radius 1 is 0.719 bits per heavy atom. The van der Waals surface area contributed by atoms with E-state index in [2.05, 4.69) is 43.8 Å².